The van der Waals surface area contributed by atoms with Crippen molar-refractivity contribution in [3.63, 3.8) is 0 Å². The molecule has 0 bridgehead atoms. The molecule has 1 aromatic carbocycles. The van der Waals surface area contributed by atoms with Gasteiger partial charge in [-0.05, 0) is 25.0 Å². The van der Waals surface area contributed by atoms with Crippen molar-refractivity contribution in [3.05, 3.63) is 30.3 Å². The molecule has 1 rings (SSSR count). The van der Waals surface area contributed by atoms with E-state index in [4.69, 9.17) is 9.29 Å². The van der Waals surface area contributed by atoms with E-state index in [2.05, 4.69) is 13.8 Å². The quantitative estimate of drug-likeness (QED) is 0.117. The lowest BCUT2D eigenvalue weighted by Gasteiger charge is -2.05. The third kappa shape index (κ3) is 26.0. The molecule has 0 spiro atoms. The molecule has 0 saturated carbocycles. The fourth-order valence-electron chi connectivity index (χ4n) is 4.08. The third-order valence-electron chi connectivity index (χ3n) is 6.33. The number of benzene rings is 1. The Morgan fingerprint density at radius 1 is 0.543 bits per heavy atom. The molecule has 0 unspecified atom stereocenters. The van der Waals surface area contributed by atoms with E-state index in [1.807, 2.05) is 0 Å². The van der Waals surface area contributed by atoms with Crippen molar-refractivity contribution in [1.29, 1.82) is 0 Å². The van der Waals surface area contributed by atoms with Crippen LogP contribution in [0, 0.1) is 0 Å². The molecule has 0 radical (unpaired) electrons. The van der Waals surface area contributed by atoms with Gasteiger partial charge >= 0.3 is 0 Å². The van der Waals surface area contributed by atoms with Crippen LogP contribution in [0.3, 0.4) is 0 Å². The maximum absolute atomic E-state index is 10.4. The van der Waals surface area contributed by atoms with Gasteiger partial charge in [0.15, 0.2) is 0 Å². The summed E-state index contributed by atoms with van der Waals surface area (Å²) in [6.07, 6.45) is 28.2. The van der Waals surface area contributed by atoms with Gasteiger partial charge in [0.2, 0.25) is 0 Å². The van der Waals surface area contributed by atoms with E-state index in [0.717, 1.165) is 13.2 Å². The molecule has 0 atom stereocenters. The average molecular weight is 513 g/mol. The van der Waals surface area contributed by atoms with Crippen molar-refractivity contribution in [2.45, 2.75) is 147 Å². The van der Waals surface area contributed by atoms with Gasteiger partial charge in [0.1, 0.15) is 0 Å². The molecule has 206 valence electrons. The lowest BCUT2D eigenvalue weighted by atomic mass is 10.0. The van der Waals surface area contributed by atoms with Gasteiger partial charge in [0.05, 0.1) is 4.90 Å². The predicted octanol–water partition coefficient (Wildman–Crippen LogP) is 9.78. The molecule has 0 aromatic heterocycles. The SMILES string of the molecule is CCCCCCCCCCCCCCCCOCCCCCCCC.O=S(=O)(O)c1ccccc1. The van der Waals surface area contributed by atoms with Crippen LogP contribution >= 0.6 is 0 Å². The highest BCUT2D eigenvalue weighted by Gasteiger charge is 2.05. The van der Waals surface area contributed by atoms with Crippen LogP contribution in [0.2, 0.25) is 0 Å². The predicted molar refractivity (Wildman–Crippen MR) is 151 cm³/mol. The van der Waals surface area contributed by atoms with E-state index < -0.39 is 10.1 Å². The van der Waals surface area contributed by atoms with Crippen molar-refractivity contribution in [3.8, 4) is 0 Å². The first-order valence-electron chi connectivity index (χ1n) is 14.6. The van der Waals surface area contributed by atoms with Crippen molar-refractivity contribution >= 4 is 10.1 Å². The molecule has 0 heterocycles. The van der Waals surface area contributed by atoms with Crippen molar-refractivity contribution in [2.24, 2.45) is 0 Å². The Bertz CT molecular complexity index is 609. The van der Waals surface area contributed by atoms with Crippen LogP contribution in [0.1, 0.15) is 142 Å². The maximum atomic E-state index is 10.4. The van der Waals surface area contributed by atoms with E-state index in [9.17, 15) is 8.42 Å². The molecule has 0 saturated heterocycles. The molecule has 0 amide bonds. The summed E-state index contributed by atoms with van der Waals surface area (Å²) in [5.74, 6) is 0. The number of hydrogen-bond donors (Lipinski definition) is 1. The second-order valence-electron chi connectivity index (χ2n) is 9.76. The van der Waals surface area contributed by atoms with Crippen LogP contribution in [0.15, 0.2) is 35.2 Å². The second-order valence-corrected chi connectivity index (χ2v) is 11.2. The van der Waals surface area contributed by atoms with Crippen LogP contribution in [-0.4, -0.2) is 26.2 Å². The molecule has 5 heteroatoms. The molecule has 1 N–H and O–H groups in total. The van der Waals surface area contributed by atoms with E-state index >= 15 is 0 Å². The molecule has 0 aliphatic rings. The summed E-state index contributed by atoms with van der Waals surface area (Å²) in [4.78, 5) is -0.0741. The van der Waals surface area contributed by atoms with Crippen LogP contribution < -0.4 is 0 Å². The lowest BCUT2D eigenvalue weighted by Crippen LogP contribution is -1.97. The van der Waals surface area contributed by atoms with E-state index in [0.29, 0.717) is 0 Å². The summed E-state index contributed by atoms with van der Waals surface area (Å²) >= 11 is 0. The number of hydrogen-bond acceptors (Lipinski definition) is 3. The Kier molecular flexibility index (Phi) is 25.5. The summed E-state index contributed by atoms with van der Waals surface area (Å²) < 4.78 is 35.0. The molecular weight excluding hydrogens is 456 g/mol. The normalized spacial score (nSPS) is 11.3. The topological polar surface area (TPSA) is 63.6 Å². The zero-order valence-corrected chi connectivity index (χ0v) is 23.8. The van der Waals surface area contributed by atoms with Gasteiger partial charge in [-0.15, -0.1) is 0 Å². The molecule has 0 aliphatic heterocycles. The van der Waals surface area contributed by atoms with Gasteiger partial charge in [-0.2, -0.15) is 8.42 Å². The monoisotopic (exact) mass is 512 g/mol. The van der Waals surface area contributed by atoms with Crippen molar-refractivity contribution in [1.82, 2.24) is 0 Å². The molecule has 4 nitrogen and oxygen atoms in total. The Morgan fingerprint density at radius 2 is 0.857 bits per heavy atom. The molecule has 0 aliphatic carbocycles. The Morgan fingerprint density at radius 3 is 1.14 bits per heavy atom. The highest BCUT2D eigenvalue weighted by molar-refractivity contribution is 7.85. The molecule has 35 heavy (non-hydrogen) atoms. The Balaban J connectivity index is 0.000000952. The number of unbranched alkanes of at least 4 members (excludes halogenated alkanes) is 18. The van der Waals surface area contributed by atoms with E-state index in [1.54, 1.807) is 18.2 Å². The van der Waals surface area contributed by atoms with Crippen molar-refractivity contribution in [2.75, 3.05) is 13.2 Å². The van der Waals surface area contributed by atoms with Gasteiger partial charge in [-0.1, -0.05) is 148 Å². The second kappa shape index (κ2) is 26.2. The highest BCUT2D eigenvalue weighted by Crippen LogP contribution is 2.13. The first-order valence-corrected chi connectivity index (χ1v) is 16.1. The maximum Gasteiger partial charge on any atom is 0.294 e. The average Bonchev–Trinajstić information content (AvgIpc) is 2.85. The fraction of sp³-hybridized carbons (Fsp3) is 0.800. The van der Waals surface area contributed by atoms with Crippen LogP contribution in [0.25, 0.3) is 0 Å². The van der Waals surface area contributed by atoms with Crippen LogP contribution in [0.4, 0.5) is 0 Å². The largest absolute Gasteiger partial charge is 0.381 e. The smallest absolute Gasteiger partial charge is 0.294 e. The minimum atomic E-state index is -4.00. The summed E-state index contributed by atoms with van der Waals surface area (Å²) in [7, 11) is -4.00. The molecule has 0 fully saturated rings. The minimum absolute atomic E-state index is 0.0741. The van der Waals surface area contributed by atoms with Crippen molar-refractivity contribution < 1.29 is 17.7 Å². The fourth-order valence-corrected chi connectivity index (χ4v) is 4.58. The van der Waals surface area contributed by atoms with Gasteiger partial charge in [0.25, 0.3) is 10.1 Å². The van der Waals surface area contributed by atoms with Crippen LogP contribution in [0.5, 0.6) is 0 Å². The molecular formula is C30H56O4S. The summed E-state index contributed by atoms with van der Waals surface area (Å²) in [6.45, 7) is 6.56. The standard InChI is InChI=1S/C24H50O.C6H6O3S/c1-3-5-7-9-11-12-13-14-15-16-17-18-20-22-24-25-23-21-19-10-8-6-4-2;7-10(8,9)6-4-2-1-3-5-6/h3-24H2,1-2H3;1-5H,(H,7,8,9). The summed E-state index contributed by atoms with van der Waals surface area (Å²) in [5.41, 5.74) is 0. The van der Waals surface area contributed by atoms with Gasteiger partial charge in [-0.3, -0.25) is 4.55 Å². The van der Waals surface area contributed by atoms with E-state index in [1.165, 1.54) is 141 Å². The zero-order chi connectivity index (χ0) is 25.9. The highest BCUT2D eigenvalue weighted by atomic mass is 32.2. The summed E-state index contributed by atoms with van der Waals surface area (Å²) in [5, 5.41) is 0. The van der Waals surface area contributed by atoms with Gasteiger partial charge < -0.3 is 4.74 Å². The van der Waals surface area contributed by atoms with Gasteiger partial charge in [0, 0.05) is 13.2 Å². The summed E-state index contributed by atoms with van der Waals surface area (Å²) in [6, 6.07) is 7.42. The Labute approximate surface area is 218 Å². The van der Waals surface area contributed by atoms with E-state index in [-0.39, 0.29) is 4.90 Å². The first kappa shape index (κ1) is 34.1. The Hall–Kier alpha value is -0.910. The van der Waals surface area contributed by atoms with Crippen LogP contribution in [-0.2, 0) is 14.9 Å². The minimum Gasteiger partial charge on any atom is -0.381 e. The third-order valence-corrected chi connectivity index (χ3v) is 7.19. The first-order chi connectivity index (χ1) is 17.0. The number of ether oxygens (including phenoxy) is 1. The van der Waals surface area contributed by atoms with Gasteiger partial charge in [-0.25, -0.2) is 0 Å². The molecule has 1 aromatic rings. The number of rotatable bonds is 23. The lowest BCUT2D eigenvalue weighted by molar-refractivity contribution is 0.125. The zero-order valence-electron chi connectivity index (χ0n) is 23.0.